The monoisotopic (exact) mass is 308 g/mol. The number of hydrogen-bond donors (Lipinski definition) is 1. The van der Waals surface area contributed by atoms with E-state index >= 15 is 0 Å². The summed E-state index contributed by atoms with van der Waals surface area (Å²) in [4.78, 5) is 0.396. The van der Waals surface area contributed by atoms with Crippen molar-refractivity contribution in [1.29, 1.82) is 0 Å². The van der Waals surface area contributed by atoms with Gasteiger partial charge in [0.15, 0.2) is 0 Å². The van der Waals surface area contributed by atoms with Crippen LogP contribution in [0.25, 0.3) is 0 Å². The highest BCUT2D eigenvalue weighted by Gasteiger charge is 2.35. The smallest absolute Gasteiger partial charge is 0.243 e. The van der Waals surface area contributed by atoms with Crippen molar-refractivity contribution in [2.45, 2.75) is 56.1 Å². The SMILES string of the molecule is CC(C1CC1)N(C)S(=O)(=O)c1ccc(CNC2CC2)cc1. The highest BCUT2D eigenvalue weighted by Crippen LogP contribution is 2.36. The van der Waals surface area contributed by atoms with Crippen molar-refractivity contribution in [3.63, 3.8) is 0 Å². The van der Waals surface area contributed by atoms with E-state index < -0.39 is 10.0 Å². The molecular weight excluding hydrogens is 284 g/mol. The first-order valence-electron chi connectivity index (χ1n) is 7.79. The molecule has 1 aromatic rings. The zero-order valence-electron chi connectivity index (χ0n) is 12.7. The van der Waals surface area contributed by atoms with Gasteiger partial charge in [-0.3, -0.25) is 0 Å². The Morgan fingerprint density at radius 1 is 1.19 bits per heavy atom. The summed E-state index contributed by atoms with van der Waals surface area (Å²) in [5.74, 6) is 0.534. The summed E-state index contributed by atoms with van der Waals surface area (Å²) in [6, 6.07) is 8.05. The number of rotatable bonds is 7. The summed E-state index contributed by atoms with van der Waals surface area (Å²) < 4.78 is 26.7. The average Bonchev–Trinajstić information content (AvgIpc) is 3.37. The maximum Gasteiger partial charge on any atom is 0.243 e. The van der Waals surface area contributed by atoms with Crippen LogP contribution >= 0.6 is 0 Å². The van der Waals surface area contributed by atoms with E-state index in [4.69, 9.17) is 0 Å². The second-order valence-electron chi connectivity index (χ2n) is 6.40. The largest absolute Gasteiger partial charge is 0.310 e. The topological polar surface area (TPSA) is 49.4 Å². The van der Waals surface area contributed by atoms with Gasteiger partial charge < -0.3 is 5.32 Å². The Bertz CT molecular complexity index is 589. The van der Waals surface area contributed by atoms with Gasteiger partial charge in [-0.1, -0.05) is 12.1 Å². The molecule has 1 aromatic carbocycles. The standard InChI is InChI=1S/C16H24N2O2S/c1-12(14-5-6-14)18(2)21(19,20)16-9-3-13(4-10-16)11-17-15-7-8-15/h3-4,9-10,12,14-15,17H,5-8,11H2,1-2H3. The van der Waals surface area contributed by atoms with Gasteiger partial charge in [-0.15, -0.1) is 0 Å². The second kappa shape index (κ2) is 5.71. The van der Waals surface area contributed by atoms with Crippen molar-refractivity contribution in [3.8, 4) is 0 Å². The van der Waals surface area contributed by atoms with Crippen molar-refractivity contribution in [2.75, 3.05) is 7.05 Å². The number of nitrogens with one attached hydrogen (secondary N) is 1. The molecular formula is C16H24N2O2S. The molecule has 116 valence electrons. The van der Waals surface area contributed by atoms with Gasteiger partial charge in [0, 0.05) is 25.7 Å². The predicted octanol–water partition coefficient (Wildman–Crippen LogP) is 2.36. The maximum atomic E-state index is 12.6. The zero-order chi connectivity index (χ0) is 15.0. The van der Waals surface area contributed by atoms with E-state index in [9.17, 15) is 8.42 Å². The van der Waals surface area contributed by atoms with Crippen LogP contribution in [0.3, 0.4) is 0 Å². The molecule has 0 aromatic heterocycles. The molecule has 0 radical (unpaired) electrons. The molecule has 0 bridgehead atoms. The van der Waals surface area contributed by atoms with Gasteiger partial charge in [-0.2, -0.15) is 4.31 Å². The van der Waals surface area contributed by atoms with E-state index in [1.54, 1.807) is 19.2 Å². The molecule has 1 atom stereocenters. The lowest BCUT2D eigenvalue weighted by molar-refractivity contribution is 0.357. The molecule has 2 saturated carbocycles. The Kier molecular flexibility index (Phi) is 4.08. The Balaban J connectivity index is 1.68. The predicted molar refractivity (Wildman–Crippen MR) is 83.4 cm³/mol. The minimum Gasteiger partial charge on any atom is -0.310 e. The second-order valence-corrected chi connectivity index (χ2v) is 8.40. The highest BCUT2D eigenvalue weighted by molar-refractivity contribution is 7.89. The summed E-state index contributed by atoms with van der Waals surface area (Å²) in [5.41, 5.74) is 1.14. The molecule has 1 unspecified atom stereocenters. The molecule has 2 fully saturated rings. The molecule has 0 saturated heterocycles. The van der Waals surface area contributed by atoms with Gasteiger partial charge in [0.05, 0.1) is 4.90 Å². The molecule has 2 aliphatic carbocycles. The van der Waals surface area contributed by atoms with Crippen LogP contribution in [0.15, 0.2) is 29.2 Å². The van der Waals surface area contributed by atoms with E-state index in [0.717, 1.165) is 24.9 Å². The molecule has 2 aliphatic rings. The van der Waals surface area contributed by atoms with Gasteiger partial charge in [0.1, 0.15) is 0 Å². The first-order valence-corrected chi connectivity index (χ1v) is 9.23. The number of benzene rings is 1. The van der Waals surface area contributed by atoms with E-state index in [0.29, 0.717) is 16.9 Å². The fourth-order valence-corrected chi connectivity index (χ4v) is 4.01. The minimum absolute atomic E-state index is 0.0891. The van der Waals surface area contributed by atoms with Crippen molar-refractivity contribution < 1.29 is 8.42 Å². The van der Waals surface area contributed by atoms with Crippen LogP contribution in [-0.4, -0.2) is 31.9 Å². The molecule has 3 rings (SSSR count). The van der Waals surface area contributed by atoms with Crippen molar-refractivity contribution in [2.24, 2.45) is 5.92 Å². The molecule has 5 heteroatoms. The quantitative estimate of drug-likeness (QED) is 0.841. The Morgan fingerprint density at radius 2 is 1.81 bits per heavy atom. The van der Waals surface area contributed by atoms with Crippen molar-refractivity contribution >= 4 is 10.0 Å². The van der Waals surface area contributed by atoms with E-state index in [1.165, 1.54) is 17.1 Å². The minimum atomic E-state index is -3.37. The van der Waals surface area contributed by atoms with Gasteiger partial charge in [0.25, 0.3) is 0 Å². The Morgan fingerprint density at radius 3 is 2.33 bits per heavy atom. The summed E-state index contributed by atoms with van der Waals surface area (Å²) in [6.45, 7) is 2.82. The lowest BCUT2D eigenvalue weighted by Crippen LogP contribution is -2.36. The fourth-order valence-electron chi connectivity index (χ4n) is 2.59. The number of hydrogen-bond acceptors (Lipinski definition) is 3. The molecule has 0 heterocycles. The lowest BCUT2D eigenvalue weighted by atomic mass is 10.2. The molecule has 0 spiro atoms. The van der Waals surface area contributed by atoms with E-state index in [2.05, 4.69) is 5.32 Å². The number of nitrogens with zero attached hydrogens (tertiary/aromatic N) is 1. The molecule has 0 aliphatic heterocycles. The molecule has 4 nitrogen and oxygen atoms in total. The van der Waals surface area contributed by atoms with Gasteiger partial charge in [0.2, 0.25) is 10.0 Å². The summed E-state index contributed by atoms with van der Waals surface area (Å²) in [6.07, 6.45) is 4.81. The van der Waals surface area contributed by atoms with Crippen LogP contribution < -0.4 is 5.32 Å². The lowest BCUT2D eigenvalue weighted by Gasteiger charge is -2.24. The van der Waals surface area contributed by atoms with Crippen LogP contribution in [0, 0.1) is 5.92 Å². The first-order chi connectivity index (χ1) is 9.98. The normalized spacial score (nSPS) is 20.7. The molecule has 0 amide bonds. The Hall–Kier alpha value is -0.910. The van der Waals surface area contributed by atoms with E-state index in [-0.39, 0.29) is 6.04 Å². The maximum absolute atomic E-state index is 12.6. The van der Waals surface area contributed by atoms with Crippen LogP contribution in [-0.2, 0) is 16.6 Å². The summed E-state index contributed by atoms with van der Waals surface area (Å²) >= 11 is 0. The third-order valence-corrected chi connectivity index (χ3v) is 6.61. The molecule has 21 heavy (non-hydrogen) atoms. The number of sulfonamides is 1. The van der Waals surface area contributed by atoms with Gasteiger partial charge in [-0.25, -0.2) is 8.42 Å². The zero-order valence-corrected chi connectivity index (χ0v) is 13.6. The van der Waals surface area contributed by atoms with Crippen LogP contribution in [0.1, 0.15) is 38.2 Å². The van der Waals surface area contributed by atoms with Crippen LogP contribution in [0.4, 0.5) is 0 Å². The Labute approximate surface area is 127 Å². The molecule has 1 N–H and O–H groups in total. The highest BCUT2D eigenvalue weighted by atomic mass is 32.2. The first kappa shape index (κ1) is 15.0. The van der Waals surface area contributed by atoms with Gasteiger partial charge in [-0.05, 0) is 56.2 Å². The fraction of sp³-hybridized carbons (Fsp3) is 0.625. The van der Waals surface area contributed by atoms with Crippen molar-refractivity contribution in [1.82, 2.24) is 9.62 Å². The summed E-state index contributed by atoms with van der Waals surface area (Å²) in [7, 11) is -1.67. The summed E-state index contributed by atoms with van der Waals surface area (Å²) in [5, 5.41) is 3.44. The van der Waals surface area contributed by atoms with E-state index in [1.807, 2.05) is 19.1 Å². The van der Waals surface area contributed by atoms with Crippen LogP contribution in [0.2, 0.25) is 0 Å². The average molecular weight is 308 g/mol. The van der Waals surface area contributed by atoms with Gasteiger partial charge >= 0.3 is 0 Å². The van der Waals surface area contributed by atoms with Crippen LogP contribution in [0.5, 0.6) is 0 Å². The third-order valence-electron chi connectivity index (χ3n) is 4.65. The third kappa shape index (κ3) is 3.47. The van der Waals surface area contributed by atoms with Crippen molar-refractivity contribution in [3.05, 3.63) is 29.8 Å².